The zero-order valence-electron chi connectivity index (χ0n) is 14.8. The van der Waals surface area contributed by atoms with Crippen molar-refractivity contribution in [1.29, 1.82) is 5.26 Å². The Bertz CT molecular complexity index is 666. The average molecular weight is 346 g/mol. The Morgan fingerprint density at radius 3 is 2.88 bits per heavy atom. The topological polar surface area (TPSA) is 62.1 Å². The van der Waals surface area contributed by atoms with Crippen LogP contribution < -0.4 is 5.32 Å². The van der Waals surface area contributed by atoms with E-state index in [2.05, 4.69) is 32.2 Å². The quantitative estimate of drug-likeness (QED) is 0.885. The molecule has 1 aromatic rings. The number of carbonyl (C=O) groups is 1. The number of ether oxygens (including phenoxy) is 1. The van der Waals surface area contributed by atoms with Crippen molar-refractivity contribution >= 4 is 22.2 Å². The van der Waals surface area contributed by atoms with Crippen molar-refractivity contribution in [2.75, 3.05) is 11.9 Å². The summed E-state index contributed by atoms with van der Waals surface area (Å²) in [5, 5.41) is 13.3. The lowest BCUT2D eigenvalue weighted by Crippen LogP contribution is -2.28. The highest BCUT2D eigenvalue weighted by molar-refractivity contribution is 7.16. The van der Waals surface area contributed by atoms with E-state index in [1.807, 2.05) is 0 Å². The maximum atomic E-state index is 12.3. The minimum Gasteiger partial charge on any atom is -0.368 e. The maximum Gasteiger partial charge on any atom is 0.254 e. The highest BCUT2D eigenvalue weighted by Gasteiger charge is 2.34. The zero-order valence-corrected chi connectivity index (χ0v) is 15.6. The molecule has 4 nitrogen and oxygen atoms in total. The van der Waals surface area contributed by atoms with Crippen LogP contribution in [0.5, 0.6) is 0 Å². The number of fused-ring (bicyclic) bond motifs is 1. The van der Waals surface area contributed by atoms with Crippen LogP contribution in [0, 0.1) is 22.7 Å². The summed E-state index contributed by atoms with van der Waals surface area (Å²) >= 11 is 1.59. The van der Waals surface area contributed by atoms with Gasteiger partial charge in [-0.3, -0.25) is 4.79 Å². The monoisotopic (exact) mass is 346 g/mol. The summed E-state index contributed by atoms with van der Waals surface area (Å²) in [6.45, 7) is 7.57. The van der Waals surface area contributed by atoms with E-state index in [0.717, 1.165) is 49.1 Å². The molecule has 1 N–H and O–H groups in total. The summed E-state index contributed by atoms with van der Waals surface area (Å²) in [5.74, 6) is 0.537. The fourth-order valence-corrected chi connectivity index (χ4v) is 5.01. The summed E-state index contributed by atoms with van der Waals surface area (Å²) in [5.41, 5.74) is 2.15. The fraction of sp³-hybridized carbons (Fsp3) is 0.684. The van der Waals surface area contributed by atoms with Crippen LogP contribution in [0.2, 0.25) is 0 Å². The summed E-state index contributed by atoms with van der Waals surface area (Å²) in [7, 11) is 0. The molecule has 0 radical (unpaired) electrons. The molecule has 1 aliphatic heterocycles. The van der Waals surface area contributed by atoms with Gasteiger partial charge >= 0.3 is 0 Å². The number of rotatable bonds is 4. The Labute approximate surface area is 148 Å². The average Bonchev–Trinajstić information content (AvgIpc) is 3.21. The molecule has 1 fully saturated rings. The van der Waals surface area contributed by atoms with Gasteiger partial charge in [-0.2, -0.15) is 5.26 Å². The van der Waals surface area contributed by atoms with Gasteiger partial charge in [0, 0.05) is 11.5 Å². The molecule has 130 valence electrons. The third-order valence-electron chi connectivity index (χ3n) is 5.85. The molecule has 0 saturated carbocycles. The maximum absolute atomic E-state index is 12.3. The second-order valence-corrected chi connectivity index (χ2v) is 8.70. The van der Waals surface area contributed by atoms with E-state index in [1.54, 1.807) is 11.3 Å². The van der Waals surface area contributed by atoms with Crippen molar-refractivity contribution in [2.45, 2.75) is 65.4 Å². The number of anilines is 1. The first-order chi connectivity index (χ1) is 11.5. The molecule has 2 heterocycles. The van der Waals surface area contributed by atoms with E-state index in [0.29, 0.717) is 23.5 Å². The highest BCUT2D eigenvalue weighted by atomic mass is 32.1. The Hall–Kier alpha value is -1.38. The van der Waals surface area contributed by atoms with Crippen LogP contribution in [0.25, 0.3) is 0 Å². The molecule has 1 aliphatic carbocycles. The number of thiophene rings is 1. The van der Waals surface area contributed by atoms with Crippen molar-refractivity contribution in [1.82, 2.24) is 0 Å². The number of nitriles is 1. The van der Waals surface area contributed by atoms with E-state index in [9.17, 15) is 10.1 Å². The first-order valence-corrected chi connectivity index (χ1v) is 9.75. The van der Waals surface area contributed by atoms with E-state index in [-0.39, 0.29) is 12.0 Å². The second kappa shape index (κ2) is 6.85. The molecule has 1 saturated heterocycles. The van der Waals surface area contributed by atoms with Crippen LogP contribution in [0.3, 0.4) is 0 Å². The molecular weight excluding hydrogens is 320 g/mol. The SMILES string of the molecule is CCC(C)(C)[C@H]1CCc2c(sc(NC(=O)[C@@H]3CCCO3)c2C#N)C1. The minimum absolute atomic E-state index is 0.104. The van der Waals surface area contributed by atoms with Crippen molar-refractivity contribution < 1.29 is 9.53 Å². The summed E-state index contributed by atoms with van der Waals surface area (Å²) in [6, 6.07) is 2.32. The first kappa shape index (κ1) is 17.4. The van der Waals surface area contributed by atoms with Crippen LogP contribution in [0.15, 0.2) is 0 Å². The summed E-state index contributed by atoms with van der Waals surface area (Å²) in [6.07, 6.45) is 5.58. The zero-order chi connectivity index (χ0) is 17.3. The molecule has 0 bridgehead atoms. The molecule has 0 spiro atoms. The summed E-state index contributed by atoms with van der Waals surface area (Å²) < 4.78 is 5.45. The lowest BCUT2D eigenvalue weighted by Gasteiger charge is -2.36. The van der Waals surface area contributed by atoms with Crippen LogP contribution >= 0.6 is 11.3 Å². The Kier molecular flexibility index (Phi) is 4.98. The van der Waals surface area contributed by atoms with Gasteiger partial charge in [-0.25, -0.2) is 0 Å². The lowest BCUT2D eigenvalue weighted by atomic mass is 9.69. The van der Waals surface area contributed by atoms with Gasteiger partial charge in [0.2, 0.25) is 0 Å². The second-order valence-electron chi connectivity index (χ2n) is 7.59. The normalized spacial score (nSPS) is 23.6. The van der Waals surface area contributed by atoms with Gasteiger partial charge < -0.3 is 10.1 Å². The molecule has 2 aliphatic rings. The van der Waals surface area contributed by atoms with Crippen LogP contribution in [0.1, 0.15) is 62.5 Å². The number of hydrogen-bond acceptors (Lipinski definition) is 4. The van der Waals surface area contributed by atoms with Crippen LogP contribution in [-0.4, -0.2) is 18.6 Å². The van der Waals surface area contributed by atoms with E-state index in [4.69, 9.17) is 4.74 Å². The van der Waals surface area contributed by atoms with Crippen molar-refractivity contribution in [2.24, 2.45) is 11.3 Å². The van der Waals surface area contributed by atoms with Crippen molar-refractivity contribution in [3.8, 4) is 6.07 Å². The Balaban J connectivity index is 1.81. The predicted octanol–water partition coefficient (Wildman–Crippen LogP) is 4.28. The summed E-state index contributed by atoms with van der Waals surface area (Å²) in [4.78, 5) is 13.6. The number of hydrogen-bond donors (Lipinski definition) is 1. The third kappa shape index (κ3) is 3.22. The van der Waals surface area contributed by atoms with Gasteiger partial charge in [-0.15, -0.1) is 11.3 Å². The van der Waals surface area contributed by atoms with E-state index in [1.165, 1.54) is 4.88 Å². The van der Waals surface area contributed by atoms with E-state index >= 15 is 0 Å². The van der Waals surface area contributed by atoms with E-state index < -0.39 is 0 Å². The molecule has 0 aromatic carbocycles. The van der Waals surface area contributed by atoms with Crippen LogP contribution in [0.4, 0.5) is 5.00 Å². The van der Waals surface area contributed by atoms with Gasteiger partial charge in [-0.05, 0) is 49.0 Å². The smallest absolute Gasteiger partial charge is 0.254 e. The molecule has 24 heavy (non-hydrogen) atoms. The molecule has 3 rings (SSSR count). The van der Waals surface area contributed by atoms with Gasteiger partial charge in [-0.1, -0.05) is 27.2 Å². The van der Waals surface area contributed by atoms with Gasteiger partial charge in [0.05, 0.1) is 5.56 Å². The largest absolute Gasteiger partial charge is 0.368 e. The molecule has 2 atom stereocenters. The van der Waals surface area contributed by atoms with Crippen LogP contribution in [-0.2, 0) is 22.4 Å². The fourth-order valence-electron chi connectivity index (χ4n) is 3.72. The number of nitrogens with zero attached hydrogens (tertiary/aromatic N) is 1. The number of carbonyl (C=O) groups excluding carboxylic acids is 1. The molecular formula is C19H26N2O2S. The first-order valence-electron chi connectivity index (χ1n) is 8.93. The van der Waals surface area contributed by atoms with Gasteiger partial charge in [0.15, 0.2) is 0 Å². The molecule has 1 aromatic heterocycles. The highest BCUT2D eigenvalue weighted by Crippen LogP contribution is 2.45. The predicted molar refractivity (Wildman–Crippen MR) is 96.2 cm³/mol. The minimum atomic E-state index is -0.359. The lowest BCUT2D eigenvalue weighted by molar-refractivity contribution is -0.124. The number of nitrogens with one attached hydrogen (secondary N) is 1. The van der Waals surface area contributed by atoms with Gasteiger partial charge in [0.1, 0.15) is 17.2 Å². The third-order valence-corrected chi connectivity index (χ3v) is 7.02. The number of amides is 1. The standard InChI is InChI=1S/C19H26N2O2S/c1-4-19(2,3)12-7-8-13-14(11-20)18(24-16(13)10-12)21-17(22)15-6-5-9-23-15/h12,15H,4-10H2,1-3H3,(H,21,22)/t12-,15-/m0/s1. The molecule has 5 heteroatoms. The molecule has 0 unspecified atom stereocenters. The van der Waals surface area contributed by atoms with Crippen molar-refractivity contribution in [3.05, 3.63) is 16.0 Å². The van der Waals surface area contributed by atoms with Gasteiger partial charge in [0.25, 0.3) is 5.91 Å². The Morgan fingerprint density at radius 1 is 1.46 bits per heavy atom. The van der Waals surface area contributed by atoms with Crippen molar-refractivity contribution in [3.63, 3.8) is 0 Å². The molecule has 1 amide bonds. The Morgan fingerprint density at radius 2 is 2.25 bits per heavy atom.